The molecule has 108 valence electrons. The van der Waals surface area contributed by atoms with Gasteiger partial charge in [0.25, 0.3) is 0 Å². The zero-order valence-electron chi connectivity index (χ0n) is 13.5. The van der Waals surface area contributed by atoms with Gasteiger partial charge < -0.3 is 4.43 Å². The zero-order chi connectivity index (χ0) is 13.8. The van der Waals surface area contributed by atoms with E-state index in [9.17, 15) is 0 Å². The smallest absolute Gasteiger partial charge is 0.192 e. The lowest BCUT2D eigenvalue weighted by molar-refractivity contribution is 0.0205. The average Bonchev–Trinajstić information content (AvgIpc) is 2.35. The Morgan fingerprint density at radius 1 is 0.944 bits per heavy atom. The predicted molar refractivity (Wildman–Crippen MR) is 83.5 cm³/mol. The monoisotopic (exact) mass is 270 g/mol. The molecule has 0 aromatic carbocycles. The molecule has 0 unspecified atom stereocenters. The van der Waals surface area contributed by atoms with Crippen molar-refractivity contribution < 1.29 is 4.43 Å². The Morgan fingerprint density at radius 3 is 1.89 bits per heavy atom. The van der Waals surface area contributed by atoms with Crippen LogP contribution in [0.4, 0.5) is 0 Å². The summed E-state index contributed by atoms with van der Waals surface area (Å²) in [5, 5.41) is 0. The van der Waals surface area contributed by atoms with Crippen molar-refractivity contribution in [1.82, 2.24) is 0 Å². The highest BCUT2D eigenvalue weighted by Gasteiger charge is 2.39. The van der Waals surface area contributed by atoms with Gasteiger partial charge in [0, 0.05) is 6.10 Å². The molecule has 2 heteroatoms. The van der Waals surface area contributed by atoms with Crippen molar-refractivity contribution in [3.8, 4) is 0 Å². The van der Waals surface area contributed by atoms with Crippen molar-refractivity contribution in [3.05, 3.63) is 0 Å². The molecule has 1 aliphatic rings. The van der Waals surface area contributed by atoms with Crippen molar-refractivity contribution >= 4 is 8.32 Å². The lowest BCUT2D eigenvalue weighted by atomic mass is 9.71. The summed E-state index contributed by atoms with van der Waals surface area (Å²) < 4.78 is 6.80. The second kappa shape index (κ2) is 6.56. The van der Waals surface area contributed by atoms with Gasteiger partial charge in [0.2, 0.25) is 0 Å². The van der Waals surface area contributed by atoms with E-state index in [2.05, 4.69) is 41.5 Å². The van der Waals surface area contributed by atoms with Crippen molar-refractivity contribution in [3.63, 3.8) is 0 Å². The van der Waals surface area contributed by atoms with E-state index in [4.69, 9.17) is 4.43 Å². The number of hydrogen-bond donors (Lipinski definition) is 0. The minimum absolute atomic E-state index is 0.403. The van der Waals surface area contributed by atoms with Crippen molar-refractivity contribution in [1.29, 1.82) is 0 Å². The van der Waals surface area contributed by atoms with Gasteiger partial charge in [-0.05, 0) is 42.3 Å². The van der Waals surface area contributed by atoms with Crippen LogP contribution in [0.15, 0.2) is 0 Å². The van der Waals surface area contributed by atoms with Crippen LogP contribution in [0.3, 0.4) is 0 Å². The van der Waals surface area contributed by atoms with Crippen LogP contribution >= 0.6 is 0 Å². The van der Waals surface area contributed by atoms with E-state index in [1.54, 1.807) is 0 Å². The van der Waals surface area contributed by atoms with Crippen LogP contribution in [0.1, 0.15) is 67.2 Å². The third-order valence-corrected chi connectivity index (χ3v) is 9.82. The second-order valence-corrected chi connectivity index (χ2v) is 11.9. The zero-order valence-corrected chi connectivity index (χ0v) is 14.5. The summed E-state index contributed by atoms with van der Waals surface area (Å²) in [7, 11) is -1.43. The van der Waals surface area contributed by atoms with Gasteiger partial charge in [-0.1, -0.05) is 54.4 Å². The van der Waals surface area contributed by atoms with Crippen molar-refractivity contribution in [2.45, 2.75) is 91.5 Å². The van der Waals surface area contributed by atoms with E-state index in [-0.39, 0.29) is 0 Å². The third kappa shape index (κ3) is 3.83. The van der Waals surface area contributed by atoms with E-state index >= 15 is 0 Å². The molecule has 18 heavy (non-hydrogen) atoms. The van der Waals surface area contributed by atoms with Gasteiger partial charge >= 0.3 is 0 Å². The second-order valence-electron chi connectivity index (χ2n) is 7.16. The highest BCUT2D eigenvalue weighted by Crippen LogP contribution is 2.41. The highest BCUT2D eigenvalue weighted by molar-refractivity contribution is 6.73. The van der Waals surface area contributed by atoms with Gasteiger partial charge in [-0.3, -0.25) is 0 Å². The summed E-state index contributed by atoms with van der Waals surface area (Å²) in [4.78, 5) is 0. The molecule has 0 bridgehead atoms. The summed E-state index contributed by atoms with van der Waals surface area (Å²) >= 11 is 0. The highest BCUT2D eigenvalue weighted by atomic mass is 28.4. The Kier molecular flexibility index (Phi) is 5.92. The lowest BCUT2D eigenvalue weighted by Crippen LogP contribution is -2.46. The normalized spacial score (nSPS) is 26.3. The molecule has 1 nitrogen and oxygen atoms in total. The molecule has 1 aliphatic carbocycles. The first-order chi connectivity index (χ1) is 8.38. The van der Waals surface area contributed by atoms with Crippen molar-refractivity contribution in [2.24, 2.45) is 11.3 Å². The third-order valence-electron chi connectivity index (χ3n) is 5.15. The minimum Gasteiger partial charge on any atom is -0.414 e. The number of rotatable bonds is 5. The first kappa shape index (κ1) is 16.2. The van der Waals surface area contributed by atoms with Crippen molar-refractivity contribution in [2.75, 3.05) is 0 Å². The standard InChI is InChI=1S/C16H34OSi/c1-7-18(8-2,9-3)17-15-13-11-10-12-14(15)16(4,5)6/h14-15H,7-13H2,1-6H3/t14-,15+/m1/s1. The van der Waals surface area contributed by atoms with Gasteiger partial charge in [0.05, 0.1) is 0 Å². The summed E-state index contributed by atoms with van der Waals surface area (Å²) in [5.41, 5.74) is 0.403. The molecule has 0 aliphatic heterocycles. The fourth-order valence-corrected chi connectivity index (χ4v) is 6.47. The minimum atomic E-state index is -1.43. The lowest BCUT2D eigenvalue weighted by Gasteiger charge is -2.44. The Hall–Kier alpha value is 0.177. The molecule has 2 atom stereocenters. The maximum atomic E-state index is 6.80. The molecular formula is C16H34OSi. The molecule has 0 heterocycles. The first-order valence-corrected chi connectivity index (χ1v) is 10.6. The Balaban J connectivity index is 2.78. The predicted octanol–water partition coefficient (Wildman–Crippen LogP) is 5.61. The summed E-state index contributed by atoms with van der Waals surface area (Å²) in [6.07, 6.45) is 6.00. The van der Waals surface area contributed by atoms with Crippen LogP contribution in [0, 0.1) is 11.3 Å². The summed E-state index contributed by atoms with van der Waals surface area (Å²) in [6, 6.07) is 3.86. The molecular weight excluding hydrogens is 236 g/mol. The Morgan fingerprint density at radius 2 is 1.44 bits per heavy atom. The fourth-order valence-electron chi connectivity index (χ4n) is 3.55. The molecule has 0 aromatic rings. The molecule has 0 amide bonds. The van der Waals surface area contributed by atoms with Crippen LogP contribution in [-0.2, 0) is 4.43 Å². The largest absolute Gasteiger partial charge is 0.414 e. The van der Waals surface area contributed by atoms with E-state index in [0.717, 1.165) is 5.92 Å². The molecule has 0 spiro atoms. The quantitative estimate of drug-likeness (QED) is 0.590. The van der Waals surface area contributed by atoms with Crippen LogP contribution in [0.5, 0.6) is 0 Å². The summed E-state index contributed by atoms with van der Waals surface area (Å²) in [5.74, 6) is 0.766. The Bertz CT molecular complexity index is 232. The molecule has 1 rings (SSSR count). The molecule has 1 fully saturated rings. The molecule has 0 aromatic heterocycles. The van der Waals surface area contributed by atoms with Gasteiger partial charge in [-0.2, -0.15) is 0 Å². The number of hydrogen-bond acceptors (Lipinski definition) is 1. The van der Waals surface area contributed by atoms with Gasteiger partial charge in [0.15, 0.2) is 8.32 Å². The maximum Gasteiger partial charge on any atom is 0.192 e. The van der Waals surface area contributed by atoms with E-state index in [1.165, 1.54) is 43.8 Å². The molecule has 0 saturated heterocycles. The van der Waals surface area contributed by atoms with E-state index < -0.39 is 8.32 Å². The Labute approximate surface area is 116 Å². The maximum absolute atomic E-state index is 6.80. The fraction of sp³-hybridized carbons (Fsp3) is 1.00. The van der Waals surface area contributed by atoms with Crippen LogP contribution < -0.4 is 0 Å². The molecule has 0 radical (unpaired) electrons. The topological polar surface area (TPSA) is 9.23 Å². The van der Waals surface area contributed by atoms with E-state index in [0.29, 0.717) is 11.5 Å². The first-order valence-electron chi connectivity index (χ1n) is 8.06. The SMILES string of the molecule is CC[Si](CC)(CC)O[C@H]1CCCC[C@H]1C(C)(C)C. The van der Waals surface area contributed by atoms with Gasteiger partial charge in [-0.15, -0.1) is 0 Å². The molecule has 0 N–H and O–H groups in total. The summed E-state index contributed by atoms with van der Waals surface area (Å²) in [6.45, 7) is 14.2. The van der Waals surface area contributed by atoms with Crippen LogP contribution in [-0.4, -0.2) is 14.4 Å². The van der Waals surface area contributed by atoms with Crippen LogP contribution in [0.25, 0.3) is 0 Å². The van der Waals surface area contributed by atoms with Gasteiger partial charge in [-0.25, -0.2) is 0 Å². The van der Waals surface area contributed by atoms with Crippen LogP contribution in [0.2, 0.25) is 18.1 Å². The molecule has 1 saturated carbocycles. The van der Waals surface area contributed by atoms with Gasteiger partial charge in [0.1, 0.15) is 0 Å². The average molecular weight is 271 g/mol. The van der Waals surface area contributed by atoms with E-state index in [1.807, 2.05) is 0 Å².